The minimum absolute atomic E-state index is 0.0811. The van der Waals surface area contributed by atoms with E-state index >= 15 is 0 Å². The summed E-state index contributed by atoms with van der Waals surface area (Å²) in [6, 6.07) is 0. The second-order valence-corrected chi connectivity index (χ2v) is 19.3. The van der Waals surface area contributed by atoms with E-state index in [1.165, 1.54) is 89.9 Å². The minimum Gasteiger partial charge on any atom is -0.462 e. The summed E-state index contributed by atoms with van der Waals surface area (Å²) in [4.78, 5) is 24.6. The Hall–Kier alpha value is -4.48. The van der Waals surface area contributed by atoms with E-state index < -0.39 is 6.10 Å². The number of aliphatic hydroxyl groups is 1. The molecule has 0 saturated carbocycles. The highest BCUT2D eigenvalue weighted by Crippen LogP contribution is 2.15. The molecule has 0 amide bonds. The number of rotatable bonds is 53. The van der Waals surface area contributed by atoms with Crippen molar-refractivity contribution in [2.45, 2.75) is 251 Å². The molecular weight excluding hydrogens is 909 g/mol. The summed E-state index contributed by atoms with van der Waals surface area (Å²) in [5.74, 6) is -0.614. The molecule has 0 aliphatic heterocycles. The first-order valence-corrected chi connectivity index (χ1v) is 30.0. The van der Waals surface area contributed by atoms with Crippen LogP contribution >= 0.6 is 0 Å². The number of unbranched alkanes of at least 4 members (excludes halogenated alkanes) is 19. The van der Waals surface area contributed by atoms with Gasteiger partial charge < -0.3 is 14.6 Å². The van der Waals surface area contributed by atoms with Gasteiger partial charge in [-0.1, -0.05) is 268 Å². The van der Waals surface area contributed by atoms with Crippen LogP contribution in [0.1, 0.15) is 245 Å². The van der Waals surface area contributed by atoms with Crippen LogP contribution in [-0.2, 0) is 19.1 Å². The van der Waals surface area contributed by atoms with Gasteiger partial charge in [-0.2, -0.15) is 0 Å². The topological polar surface area (TPSA) is 72.8 Å². The lowest BCUT2D eigenvalue weighted by molar-refractivity contribution is -0.161. The third-order valence-corrected chi connectivity index (χ3v) is 12.3. The van der Waals surface area contributed by atoms with Crippen LogP contribution in [0.2, 0.25) is 0 Å². The average molecular weight is 1020 g/mol. The molecule has 1 atom stereocenters. The van der Waals surface area contributed by atoms with Crippen molar-refractivity contribution in [2.75, 3.05) is 13.2 Å². The van der Waals surface area contributed by atoms with Crippen LogP contribution in [0.25, 0.3) is 0 Å². The summed E-state index contributed by atoms with van der Waals surface area (Å²) in [5.41, 5.74) is 0. The van der Waals surface area contributed by atoms with Crippen molar-refractivity contribution in [3.8, 4) is 0 Å². The zero-order valence-electron chi connectivity index (χ0n) is 47.5. The highest BCUT2D eigenvalue weighted by molar-refractivity contribution is 5.70. The highest BCUT2D eigenvalue weighted by atomic mass is 16.6. The van der Waals surface area contributed by atoms with Crippen molar-refractivity contribution in [3.63, 3.8) is 0 Å². The fraction of sp³-hybridized carbons (Fsp3) is 0.594. The SMILES string of the molecule is CC/C=C\C/C=C\C/C=C\C/C=C\C/C=C\C/C=C\C/C=C\CCCCCCCCCC(=O)OC(CO)COC(=O)CCCCCCCCCCCCCC/C=C\C/C=C\C/C=C\C/C=C\C/C=C\C/C=C\CC. The summed E-state index contributed by atoms with van der Waals surface area (Å²) in [7, 11) is 0. The lowest BCUT2D eigenvalue weighted by Crippen LogP contribution is -2.28. The second-order valence-electron chi connectivity index (χ2n) is 19.3. The van der Waals surface area contributed by atoms with E-state index in [0.717, 1.165) is 128 Å². The fourth-order valence-electron chi connectivity index (χ4n) is 7.89. The molecule has 0 heterocycles. The number of aliphatic hydroxyl groups excluding tert-OH is 1. The lowest BCUT2D eigenvalue weighted by atomic mass is 10.0. The Morgan fingerprint density at radius 1 is 0.311 bits per heavy atom. The molecule has 0 spiro atoms. The summed E-state index contributed by atoms with van der Waals surface area (Å²) in [6.07, 6.45) is 96.4. The van der Waals surface area contributed by atoms with Gasteiger partial charge in [-0.3, -0.25) is 9.59 Å². The van der Waals surface area contributed by atoms with E-state index in [4.69, 9.17) is 9.47 Å². The molecule has 74 heavy (non-hydrogen) atoms. The third kappa shape index (κ3) is 60.1. The fourth-order valence-corrected chi connectivity index (χ4v) is 7.89. The first-order chi connectivity index (χ1) is 36.6. The van der Waals surface area contributed by atoms with Crippen LogP contribution in [0.5, 0.6) is 0 Å². The maximum absolute atomic E-state index is 12.3. The monoisotopic (exact) mass is 1020 g/mol. The van der Waals surface area contributed by atoms with Crippen molar-refractivity contribution < 1.29 is 24.2 Å². The maximum Gasteiger partial charge on any atom is 0.306 e. The van der Waals surface area contributed by atoms with Gasteiger partial charge in [0.05, 0.1) is 6.61 Å². The van der Waals surface area contributed by atoms with Crippen molar-refractivity contribution in [3.05, 3.63) is 158 Å². The Balaban J connectivity index is 3.58. The van der Waals surface area contributed by atoms with Gasteiger partial charge in [0.15, 0.2) is 6.10 Å². The van der Waals surface area contributed by atoms with E-state index in [2.05, 4.69) is 172 Å². The summed E-state index contributed by atoms with van der Waals surface area (Å²) < 4.78 is 10.7. The summed E-state index contributed by atoms with van der Waals surface area (Å²) in [5, 5.41) is 9.67. The van der Waals surface area contributed by atoms with Gasteiger partial charge in [-0.05, 0) is 122 Å². The maximum atomic E-state index is 12.3. The minimum atomic E-state index is -0.792. The van der Waals surface area contributed by atoms with Gasteiger partial charge in [-0.25, -0.2) is 0 Å². The van der Waals surface area contributed by atoms with Gasteiger partial charge in [0.25, 0.3) is 0 Å². The van der Waals surface area contributed by atoms with Crippen LogP contribution in [0, 0.1) is 0 Å². The first kappa shape index (κ1) is 69.5. The highest BCUT2D eigenvalue weighted by Gasteiger charge is 2.16. The van der Waals surface area contributed by atoms with E-state index in [0.29, 0.717) is 12.8 Å². The summed E-state index contributed by atoms with van der Waals surface area (Å²) >= 11 is 0. The van der Waals surface area contributed by atoms with Crippen LogP contribution in [-0.4, -0.2) is 36.4 Å². The number of allylic oxidation sites excluding steroid dienone is 26. The first-order valence-electron chi connectivity index (χ1n) is 30.0. The van der Waals surface area contributed by atoms with Crippen molar-refractivity contribution in [2.24, 2.45) is 0 Å². The molecule has 1 unspecified atom stereocenters. The van der Waals surface area contributed by atoms with Gasteiger partial charge in [-0.15, -0.1) is 0 Å². The number of esters is 2. The number of hydrogen-bond acceptors (Lipinski definition) is 5. The molecule has 0 bridgehead atoms. The Morgan fingerprint density at radius 3 is 0.811 bits per heavy atom. The van der Waals surface area contributed by atoms with Gasteiger partial charge in [0.1, 0.15) is 6.61 Å². The van der Waals surface area contributed by atoms with Crippen LogP contribution in [0.4, 0.5) is 0 Å². The zero-order valence-corrected chi connectivity index (χ0v) is 47.5. The second kappa shape index (κ2) is 62.8. The van der Waals surface area contributed by atoms with Crippen LogP contribution in [0.3, 0.4) is 0 Å². The predicted octanol–water partition coefficient (Wildman–Crippen LogP) is 20.7. The molecule has 0 rings (SSSR count). The van der Waals surface area contributed by atoms with E-state index in [1.54, 1.807) is 0 Å². The number of ether oxygens (including phenoxy) is 2. The molecule has 1 N–H and O–H groups in total. The number of carbonyl (C=O) groups excluding carboxylic acids is 2. The molecule has 0 aromatic rings. The quantitative estimate of drug-likeness (QED) is 0.0373. The average Bonchev–Trinajstić information content (AvgIpc) is 3.40. The summed E-state index contributed by atoms with van der Waals surface area (Å²) in [6.45, 7) is 3.90. The Kier molecular flexibility index (Phi) is 59.0. The zero-order chi connectivity index (χ0) is 53.4. The van der Waals surface area contributed by atoms with Gasteiger partial charge in [0.2, 0.25) is 0 Å². The third-order valence-electron chi connectivity index (χ3n) is 12.3. The largest absolute Gasteiger partial charge is 0.462 e. The van der Waals surface area contributed by atoms with E-state index in [9.17, 15) is 14.7 Å². The number of carbonyl (C=O) groups is 2. The molecular formula is C69H110O5. The van der Waals surface area contributed by atoms with Gasteiger partial charge >= 0.3 is 11.9 Å². The van der Waals surface area contributed by atoms with Crippen molar-refractivity contribution in [1.29, 1.82) is 0 Å². The molecule has 5 heteroatoms. The smallest absolute Gasteiger partial charge is 0.306 e. The van der Waals surface area contributed by atoms with Crippen molar-refractivity contribution in [1.82, 2.24) is 0 Å². The molecule has 0 radical (unpaired) electrons. The normalized spacial score (nSPS) is 13.4. The standard InChI is InChI=1S/C69H110O5/c1-3-5-7-9-11-13-15-17-19-21-23-25-27-29-31-33-34-36-37-39-41-43-45-47-49-51-53-55-57-59-61-63-68(71)73-66-67(65-70)74-69(72)64-62-60-58-56-54-52-50-48-46-44-42-40-38-35-32-30-28-26-24-22-20-18-16-14-12-10-8-6-4-2/h5-8,11-14,17-20,23-26,29-32,34,36,38,40,44,46,67,70H,3-4,9-10,15-16,21-22,27-28,33,35,37,39,41-43,45,47-66H2,1-2H3/b7-5-,8-6-,13-11-,14-12-,19-17-,20-18-,25-23-,26-24-,31-29-,32-30-,36-34-,40-38-,46-44-. The van der Waals surface area contributed by atoms with Gasteiger partial charge in [0, 0.05) is 12.8 Å². The van der Waals surface area contributed by atoms with Crippen molar-refractivity contribution >= 4 is 11.9 Å². The van der Waals surface area contributed by atoms with E-state index in [1.807, 2.05) is 0 Å². The Morgan fingerprint density at radius 2 is 0.541 bits per heavy atom. The molecule has 0 aliphatic carbocycles. The Labute approximate surface area is 456 Å². The Bertz CT molecular complexity index is 1620. The van der Waals surface area contributed by atoms with E-state index in [-0.39, 0.29) is 25.2 Å². The molecule has 0 aromatic heterocycles. The van der Waals surface area contributed by atoms with Crippen LogP contribution < -0.4 is 0 Å². The molecule has 5 nitrogen and oxygen atoms in total. The molecule has 0 aliphatic rings. The number of hydrogen-bond donors (Lipinski definition) is 1. The predicted molar refractivity (Wildman–Crippen MR) is 324 cm³/mol. The molecule has 0 aromatic carbocycles. The lowest BCUT2D eigenvalue weighted by Gasteiger charge is -2.15. The molecule has 0 fully saturated rings. The molecule has 416 valence electrons. The van der Waals surface area contributed by atoms with Crippen LogP contribution in [0.15, 0.2) is 158 Å². The molecule has 0 saturated heterocycles.